The number of nitrogens with one attached hydrogen (secondary N) is 1. The van der Waals surface area contributed by atoms with Crippen molar-refractivity contribution in [1.29, 1.82) is 0 Å². The molecule has 0 fully saturated rings. The predicted octanol–water partition coefficient (Wildman–Crippen LogP) is 5.16. The molecule has 0 aromatic heterocycles. The third kappa shape index (κ3) is 6.62. The Morgan fingerprint density at radius 2 is 1.92 bits per heavy atom. The van der Waals surface area contributed by atoms with Crippen molar-refractivity contribution in [1.82, 2.24) is 5.43 Å². The molecular formula is C27H27ClFN3O5. The number of nitrogens with zero attached hydrogens (tertiary/aromatic N) is 2. The van der Waals surface area contributed by atoms with E-state index in [1.165, 1.54) is 12.3 Å². The average molecular weight is 528 g/mol. The molecule has 10 heteroatoms. The lowest BCUT2D eigenvalue weighted by Crippen LogP contribution is -2.24. The smallest absolute Gasteiger partial charge is 0.277 e. The first-order valence-electron chi connectivity index (χ1n) is 11.8. The van der Waals surface area contributed by atoms with Crippen LogP contribution >= 0.6 is 11.6 Å². The molecule has 0 unspecified atom stereocenters. The van der Waals surface area contributed by atoms with E-state index >= 15 is 0 Å². The first kappa shape index (κ1) is 26.1. The summed E-state index contributed by atoms with van der Waals surface area (Å²) in [5.74, 6) is 1.24. The van der Waals surface area contributed by atoms with E-state index in [2.05, 4.69) is 29.3 Å². The van der Waals surface area contributed by atoms with E-state index in [-0.39, 0.29) is 30.6 Å². The van der Waals surface area contributed by atoms with E-state index in [4.69, 9.17) is 30.5 Å². The van der Waals surface area contributed by atoms with Crippen LogP contribution in [0.5, 0.6) is 23.0 Å². The lowest BCUT2D eigenvalue weighted by atomic mass is 10.1. The molecule has 37 heavy (non-hydrogen) atoms. The number of amides is 1. The molecular weight excluding hydrogens is 501 g/mol. The van der Waals surface area contributed by atoms with Crippen molar-refractivity contribution in [2.24, 2.45) is 5.10 Å². The second kappa shape index (κ2) is 12.3. The van der Waals surface area contributed by atoms with Crippen LogP contribution in [0.1, 0.15) is 25.0 Å². The van der Waals surface area contributed by atoms with Gasteiger partial charge in [-0.2, -0.15) is 5.10 Å². The molecule has 8 nitrogen and oxygen atoms in total. The minimum Gasteiger partial charge on any atom is -0.488 e. The van der Waals surface area contributed by atoms with Crippen LogP contribution in [-0.4, -0.2) is 38.6 Å². The summed E-state index contributed by atoms with van der Waals surface area (Å²) >= 11 is 6.16. The van der Waals surface area contributed by atoms with Crippen molar-refractivity contribution in [2.75, 3.05) is 31.4 Å². The van der Waals surface area contributed by atoms with Crippen LogP contribution in [0.4, 0.5) is 10.1 Å². The van der Waals surface area contributed by atoms with Crippen LogP contribution < -0.4 is 29.3 Å². The molecule has 0 spiro atoms. The van der Waals surface area contributed by atoms with Crippen molar-refractivity contribution >= 4 is 29.4 Å². The van der Waals surface area contributed by atoms with Gasteiger partial charge in [0.25, 0.3) is 5.91 Å². The van der Waals surface area contributed by atoms with E-state index in [9.17, 15) is 9.18 Å². The minimum atomic E-state index is -0.450. The van der Waals surface area contributed by atoms with Crippen LogP contribution in [0.15, 0.2) is 59.7 Å². The van der Waals surface area contributed by atoms with E-state index in [0.717, 1.165) is 18.8 Å². The fourth-order valence-corrected chi connectivity index (χ4v) is 3.90. The minimum absolute atomic E-state index is 0.0657. The molecule has 0 saturated heterocycles. The van der Waals surface area contributed by atoms with Gasteiger partial charge in [0.05, 0.1) is 11.2 Å². The molecule has 1 aliphatic rings. The Hall–Kier alpha value is -3.98. The first-order valence-corrected chi connectivity index (χ1v) is 12.1. The number of halogens is 2. The number of hydrogen-bond donors (Lipinski definition) is 1. The normalized spacial score (nSPS) is 12.0. The summed E-state index contributed by atoms with van der Waals surface area (Å²) in [5.41, 5.74) is 4.23. The third-order valence-electron chi connectivity index (χ3n) is 5.67. The number of carbonyl (C=O) groups is 1. The van der Waals surface area contributed by atoms with Crippen LogP contribution in [0.25, 0.3) is 0 Å². The quantitative estimate of drug-likeness (QED) is 0.274. The van der Waals surface area contributed by atoms with Crippen molar-refractivity contribution in [3.63, 3.8) is 0 Å². The standard InChI is InChI=1S/C27H27ClFN3O5/c1-3-32(4-2)19-9-8-18(25(12-19)35-15-21-22(28)6-5-7-23(21)29)14-30-31-27(33)16-34-20-10-11-24-26(13-20)37-17-36-24/h5-14H,3-4,15-17H2,1-2H3,(H,31,33). The van der Waals surface area contributed by atoms with Crippen molar-refractivity contribution in [3.8, 4) is 23.0 Å². The molecule has 0 saturated carbocycles. The molecule has 194 valence electrons. The number of carbonyl (C=O) groups excluding carboxylic acids is 1. The zero-order valence-electron chi connectivity index (χ0n) is 20.5. The van der Waals surface area contributed by atoms with Gasteiger partial charge in [-0.15, -0.1) is 0 Å². The summed E-state index contributed by atoms with van der Waals surface area (Å²) in [6.07, 6.45) is 1.46. The third-order valence-corrected chi connectivity index (χ3v) is 6.02. The number of benzene rings is 3. The topological polar surface area (TPSA) is 81.6 Å². The van der Waals surface area contributed by atoms with Gasteiger partial charge >= 0.3 is 0 Å². The highest BCUT2D eigenvalue weighted by Gasteiger charge is 2.15. The largest absolute Gasteiger partial charge is 0.488 e. The monoisotopic (exact) mass is 527 g/mol. The van der Waals surface area contributed by atoms with Gasteiger partial charge in [0.2, 0.25) is 6.79 Å². The van der Waals surface area contributed by atoms with Gasteiger partial charge in [0, 0.05) is 42.0 Å². The predicted molar refractivity (Wildman–Crippen MR) is 140 cm³/mol. The van der Waals surface area contributed by atoms with E-state index < -0.39 is 11.7 Å². The lowest BCUT2D eigenvalue weighted by molar-refractivity contribution is -0.123. The summed E-state index contributed by atoms with van der Waals surface area (Å²) < 4.78 is 36.3. The Balaban J connectivity index is 1.42. The van der Waals surface area contributed by atoms with E-state index in [1.807, 2.05) is 18.2 Å². The molecule has 1 N–H and O–H groups in total. The highest BCUT2D eigenvalue weighted by Crippen LogP contribution is 2.35. The number of ether oxygens (including phenoxy) is 4. The number of hydrogen-bond acceptors (Lipinski definition) is 7. The van der Waals surface area contributed by atoms with Crippen molar-refractivity contribution < 1.29 is 28.1 Å². The van der Waals surface area contributed by atoms with E-state index in [1.54, 1.807) is 30.3 Å². The lowest BCUT2D eigenvalue weighted by Gasteiger charge is -2.22. The molecule has 4 rings (SSSR count). The molecule has 1 amide bonds. The zero-order chi connectivity index (χ0) is 26.2. The van der Waals surface area contributed by atoms with Crippen LogP contribution in [0.2, 0.25) is 5.02 Å². The highest BCUT2D eigenvalue weighted by molar-refractivity contribution is 6.31. The number of hydrazone groups is 1. The van der Waals surface area contributed by atoms with Gasteiger partial charge in [-0.05, 0) is 50.2 Å². The van der Waals surface area contributed by atoms with Crippen molar-refractivity contribution in [3.05, 3.63) is 76.6 Å². The average Bonchev–Trinajstić information content (AvgIpc) is 3.37. The number of fused-ring (bicyclic) bond motifs is 1. The summed E-state index contributed by atoms with van der Waals surface area (Å²) in [5, 5.41) is 4.32. The van der Waals surface area contributed by atoms with Gasteiger partial charge < -0.3 is 23.8 Å². The second-order valence-corrected chi connectivity index (χ2v) is 8.39. The Labute approximate surface area is 219 Å². The van der Waals surface area contributed by atoms with Gasteiger partial charge in [0.15, 0.2) is 18.1 Å². The Kier molecular flexibility index (Phi) is 8.68. The summed E-state index contributed by atoms with van der Waals surface area (Å²) in [6, 6.07) is 15.2. The molecule has 1 aliphatic heterocycles. The first-order chi connectivity index (χ1) is 18.0. The molecule has 0 aliphatic carbocycles. The van der Waals surface area contributed by atoms with Gasteiger partial charge in [-0.1, -0.05) is 17.7 Å². The molecule has 0 bridgehead atoms. The van der Waals surface area contributed by atoms with Gasteiger partial charge in [-0.3, -0.25) is 4.79 Å². The number of rotatable bonds is 11. The summed E-state index contributed by atoms with van der Waals surface area (Å²) in [7, 11) is 0. The van der Waals surface area contributed by atoms with Crippen LogP contribution in [0, 0.1) is 5.82 Å². The Morgan fingerprint density at radius 3 is 2.70 bits per heavy atom. The fourth-order valence-electron chi connectivity index (χ4n) is 3.68. The highest BCUT2D eigenvalue weighted by atomic mass is 35.5. The van der Waals surface area contributed by atoms with Crippen LogP contribution in [0.3, 0.4) is 0 Å². The second-order valence-electron chi connectivity index (χ2n) is 7.98. The zero-order valence-corrected chi connectivity index (χ0v) is 21.3. The molecule has 1 heterocycles. The maximum absolute atomic E-state index is 14.3. The summed E-state index contributed by atoms with van der Waals surface area (Å²) in [6.45, 7) is 5.57. The number of anilines is 1. The van der Waals surface area contributed by atoms with Gasteiger partial charge in [-0.25, -0.2) is 9.82 Å². The molecule has 0 radical (unpaired) electrons. The summed E-state index contributed by atoms with van der Waals surface area (Å²) in [4.78, 5) is 14.4. The van der Waals surface area contributed by atoms with Gasteiger partial charge in [0.1, 0.15) is 23.9 Å². The molecule has 3 aromatic carbocycles. The van der Waals surface area contributed by atoms with E-state index in [0.29, 0.717) is 28.6 Å². The SMILES string of the molecule is CCN(CC)c1ccc(C=NNC(=O)COc2ccc3c(c2)OCO3)c(OCc2c(F)cccc2Cl)c1. The maximum Gasteiger partial charge on any atom is 0.277 e. The fraction of sp³-hybridized carbons (Fsp3) is 0.259. The molecule has 0 atom stereocenters. The van der Waals surface area contributed by atoms with Crippen molar-refractivity contribution in [2.45, 2.75) is 20.5 Å². The Morgan fingerprint density at radius 1 is 1.11 bits per heavy atom. The Bertz CT molecular complexity index is 1260. The van der Waals surface area contributed by atoms with Crippen LogP contribution in [-0.2, 0) is 11.4 Å². The molecule has 3 aromatic rings. The maximum atomic E-state index is 14.3.